The Morgan fingerprint density at radius 1 is 1.50 bits per heavy atom. The van der Waals surface area contributed by atoms with Crippen molar-refractivity contribution in [3.63, 3.8) is 0 Å². The number of H-pyrrole nitrogens is 1. The molecule has 0 amide bonds. The molecule has 0 radical (unpaired) electrons. The van der Waals surface area contributed by atoms with E-state index in [1.165, 1.54) is 0 Å². The van der Waals surface area contributed by atoms with Crippen LogP contribution in [-0.4, -0.2) is 29.7 Å². The number of para-hydroxylation sites is 1. The molecule has 0 saturated heterocycles. The summed E-state index contributed by atoms with van der Waals surface area (Å²) in [7, 11) is 1.61. The third-order valence-corrected chi connectivity index (χ3v) is 3.42. The fourth-order valence-corrected chi connectivity index (χ4v) is 2.61. The van der Waals surface area contributed by atoms with E-state index in [1.807, 2.05) is 18.2 Å². The minimum Gasteiger partial charge on any atom is -0.495 e. The number of aromatic nitrogens is 1. The topological polar surface area (TPSA) is 74.4 Å². The normalized spacial score (nSPS) is 18.6. The van der Waals surface area contributed by atoms with E-state index in [4.69, 9.17) is 4.74 Å². The van der Waals surface area contributed by atoms with Crippen molar-refractivity contribution in [2.75, 3.05) is 13.7 Å². The molecule has 1 aromatic carbocycles. The summed E-state index contributed by atoms with van der Waals surface area (Å²) in [6, 6.07) is 5.13. The van der Waals surface area contributed by atoms with Crippen molar-refractivity contribution in [3.8, 4) is 5.75 Å². The third-order valence-electron chi connectivity index (χ3n) is 3.42. The van der Waals surface area contributed by atoms with Gasteiger partial charge in [0.1, 0.15) is 11.8 Å². The Balaban J connectivity index is 2.26. The van der Waals surface area contributed by atoms with Gasteiger partial charge in [-0.25, -0.2) is 0 Å². The summed E-state index contributed by atoms with van der Waals surface area (Å²) in [5, 5.41) is 13.3. The van der Waals surface area contributed by atoms with Crippen LogP contribution >= 0.6 is 0 Å². The van der Waals surface area contributed by atoms with Crippen LogP contribution < -0.4 is 10.1 Å². The van der Waals surface area contributed by atoms with Crippen molar-refractivity contribution < 1.29 is 14.6 Å². The van der Waals surface area contributed by atoms with Crippen molar-refractivity contribution >= 4 is 16.9 Å². The summed E-state index contributed by atoms with van der Waals surface area (Å²) in [6.07, 6.45) is 0.826. The monoisotopic (exact) mass is 246 g/mol. The number of hydrogen-bond acceptors (Lipinski definition) is 3. The van der Waals surface area contributed by atoms with Crippen molar-refractivity contribution in [1.82, 2.24) is 10.3 Å². The van der Waals surface area contributed by atoms with E-state index in [1.54, 1.807) is 7.11 Å². The summed E-state index contributed by atoms with van der Waals surface area (Å²) in [5.41, 5.74) is 2.70. The second kappa shape index (κ2) is 4.03. The minimum absolute atomic E-state index is 0.661. The molecule has 0 fully saturated rings. The maximum absolute atomic E-state index is 11.2. The van der Waals surface area contributed by atoms with E-state index < -0.39 is 12.0 Å². The van der Waals surface area contributed by atoms with Crippen LogP contribution in [0.1, 0.15) is 17.3 Å². The number of rotatable bonds is 2. The molecule has 1 aromatic heterocycles. The van der Waals surface area contributed by atoms with Gasteiger partial charge in [0, 0.05) is 17.6 Å². The summed E-state index contributed by atoms with van der Waals surface area (Å²) in [4.78, 5) is 14.4. The lowest BCUT2D eigenvalue weighted by molar-refractivity contribution is -0.139. The van der Waals surface area contributed by atoms with Gasteiger partial charge in [0.15, 0.2) is 0 Å². The van der Waals surface area contributed by atoms with Gasteiger partial charge in [-0.2, -0.15) is 0 Å². The molecule has 0 saturated carbocycles. The van der Waals surface area contributed by atoms with Gasteiger partial charge in [-0.05, 0) is 18.1 Å². The number of fused-ring (bicyclic) bond motifs is 3. The largest absolute Gasteiger partial charge is 0.495 e. The zero-order chi connectivity index (χ0) is 12.7. The highest BCUT2D eigenvalue weighted by Crippen LogP contribution is 2.34. The summed E-state index contributed by atoms with van der Waals surface area (Å²) in [5.74, 6) is -0.118. The molecule has 1 aliphatic heterocycles. The number of hydrogen-bond donors (Lipinski definition) is 3. The fourth-order valence-electron chi connectivity index (χ4n) is 2.61. The Kier molecular flexibility index (Phi) is 2.48. The number of carboxylic acids is 1. The van der Waals surface area contributed by atoms with Gasteiger partial charge >= 0.3 is 5.97 Å². The first-order chi connectivity index (χ1) is 8.72. The average Bonchev–Trinajstić information content (AvgIpc) is 2.76. The molecule has 0 aliphatic carbocycles. The molecule has 0 bridgehead atoms. The Morgan fingerprint density at radius 2 is 2.33 bits per heavy atom. The van der Waals surface area contributed by atoms with Gasteiger partial charge in [-0.3, -0.25) is 10.1 Å². The minimum atomic E-state index is -0.860. The molecular formula is C13H14N2O3. The molecule has 1 aliphatic rings. The van der Waals surface area contributed by atoms with E-state index in [0.29, 0.717) is 6.54 Å². The van der Waals surface area contributed by atoms with Crippen LogP contribution in [0, 0.1) is 0 Å². The predicted octanol–water partition coefficient (Wildman–Crippen LogP) is 1.45. The molecule has 94 valence electrons. The molecule has 1 unspecified atom stereocenters. The molecular weight excluding hydrogens is 232 g/mol. The number of ether oxygens (including phenoxy) is 1. The lowest BCUT2D eigenvalue weighted by atomic mass is 9.99. The number of benzene rings is 1. The van der Waals surface area contributed by atoms with E-state index in [-0.39, 0.29) is 0 Å². The van der Waals surface area contributed by atoms with E-state index in [2.05, 4.69) is 10.3 Å². The number of methoxy groups -OCH3 is 1. The zero-order valence-electron chi connectivity index (χ0n) is 9.99. The lowest BCUT2D eigenvalue weighted by Crippen LogP contribution is -2.34. The van der Waals surface area contributed by atoms with Crippen molar-refractivity contribution in [1.29, 1.82) is 0 Å². The Morgan fingerprint density at radius 3 is 3.06 bits per heavy atom. The van der Waals surface area contributed by atoms with Crippen LogP contribution in [0.2, 0.25) is 0 Å². The molecule has 5 nitrogen and oxygen atoms in total. The number of aliphatic carboxylic acids is 1. The molecule has 1 atom stereocenters. The van der Waals surface area contributed by atoms with Gasteiger partial charge < -0.3 is 14.8 Å². The van der Waals surface area contributed by atoms with Crippen molar-refractivity contribution in [2.24, 2.45) is 0 Å². The predicted molar refractivity (Wildman–Crippen MR) is 66.9 cm³/mol. The highest BCUT2D eigenvalue weighted by atomic mass is 16.5. The zero-order valence-corrected chi connectivity index (χ0v) is 9.99. The Hall–Kier alpha value is -2.01. The average molecular weight is 246 g/mol. The van der Waals surface area contributed by atoms with E-state index in [9.17, 15) is 9.90 Å². The summed E-state index contributed by atoms with van der Waals surface area (Å²) >= 11 is 0. The molecule has 2 aromatic rings. The molecule has 5 heteroatoms. The first-order valence-corrected chi connectivity index (χ1v) is 5.86. The van der Waals surface area contributed by atoms with Gasteiger partial charge in [-0.1, -0.05) is 12.1 Å². The van der Waals surface area contributed by atoms with E-state index >= 15 is 0 Å². The summed E-state index contributed by atoms with van der Waals surface area (Å²) in [6.45, 7) is 0.675. The van der Waals surface area contributed by atoms with Gasteiger partial charge in [0.25, 0.3) is 0 Å². The van der Waals surface area contributed by atoms with Gasteiger partial charge in [0.2, 0.25) is 0 Å². The smallest absolute Gasteiger partial charge is 0.326 e. The van der Waals surface area contributed by atoms with Crippen LogP contribution in [0.25, 0.3) is 10.9 Å². The van der Waals surface area contributed by atoms with Crippen molar-refractivity contribution in [2.45, 2.75) is 12.5 Å². The van der Waals surface area contributed by atoms with E-state index in [0.717, 1.165) is 34.3 Å². The second-order valence-corrected chi connectivity index (χ2v) is 4.38. The Labute approximate surface area is 104 Å². The van der Waals surface area contributed by atoms with Gasteiger partial charge in [-0.15, -0.1) is 0 Å². The summed E-state index contributed by atoms with van der Waals surface area (Å²) < 4.78 is 5.30. The standard InChI is InChI=1S/C13H14N2O3/c1-18-9-4-2-3-7-8-5-6-14-12(13(16)17)11(8)15-10(7)9/h2-4,12,14-15H,5-6H2,1H3,(H,16,17). The lowest BCUT2D eigenvalue weighted by Gasteiger charge is -2.20. The van der Waals surface area contributed by atoms with Gasteiger partial charge in [0.05, 0.1) is 12.6 Å². The maximum Gasteiger partial charge on any atom is 0.326 e. The first kappa shape index (κ1) is 11.1. The van der Waals surface area contributed by atoms with Crippen LogP contribution in [-0.2, 0) is 11.2 Å². The highest BCUT2D eigenvalue weighted by Gasteiger charge is 2.29. The molecule has 3 rings (SSSR count). The molecule has 3 N–H and O–H groups in total. The number of nitrogens with one attached hydrogen (secondary N) is 2. The number of aromatic amines is 1. The van der Waals surface area contributed by atoms with Crippen LogP contribution in [0.15, 0.2) is 18.2 Å². The SMILES string of the molecule is COc1cccc2c3c([nH]c12)C(C(=O)O)NCC3. The number of carbonyl (C=O) groups is 1. The van der Waals surface area contributed by atoms with Crippen LogP contribution in [0.4, 0.5) is 0 Å². The third kappa shape index (κ3) is 1.48. The first-order valence-electron chi connectivity index (χ1n) is 5.86. The maximum atomic E-state index is 11.2. The molecule has 2 heterocycles. The van der Waals surface area contributed by atoms with Crippen LogP contribution in [0.5, 0.6) is 5.75 Å². The van der Waals surface area contributed by atoms with Crippen LogP contribution in [0.3, 0.4) is 0 Å². The molecule has 0 spiro atoms. The number of carboxylic acid groups (broad SMARTS) is 1. The second-order valence-electron chi connectivity index (χ2n) is 4.38. The quantitative estimate of drug-likeness (QED) is 0.749. The fraction of sp³-hybridized carbons (Fsp3) is 0.308. The highest BCUT2D eigenvalue weighted by molar-refractivity contribution is 5.92. The Bertz CT molecular complexity index is 618. The molecule has 18 heavy (non-hydrogen) atoms. The van der Waals surface area contributed by atoms with Crippen molar-refractivity contribution in [3.05, 3.63) is 29.5 Å².